The molecule has 0 aliphatic rings. The van der Waals surface area contributed by atoms with Crippen molar-refractivity contribution in [2.24, 2.45) is 0 Å². The van der Waals surface area contributed by atoms with E-state index in [1.54, 1.807) is 30.3 Å². The van der Waals surface area contributed by atoms with Gasteiger partial charge in [0, 0.05) is 9.26 Å². The smallest absolute Gasteiger partial charge is 0.266 e. The first-order valence-corrected chi connectivity index (χ1v) is 7.97. The lowest BCUT2D eigenvalue weighted by Crippen LogP contribution is -2.13. The molecule has 0 unspecified atom stereocenters. The number of nitrogens with one attached hydrogen (secondary N) is 1. The van der Waals surface area contributed by atoms with Gasteiger partial charge in [0.1, 0.15) is 11.6 Å². The van der Waals surface area contributed by atoms with Gasteiger partial charge in [-0.3, -0.25) is 4.79 Å². The van der Waals surface area contributed by atoms with Gasteiger partial charge in [-0.25, -0.2) is 0 Å². The van der Waals surface area contributed by atoms with Gasteiger partial charge in [0.2, 0.25) is 0 Å². The lowest BCUT2D eigenvalue weighted by Gasteiger charge is -2.05. The molecule has 110 valence electrons. The van der Waals surface area contributed by atoms with E-state index in [2.05, 4.69) is 27.9 Å². The standard InChI is InChI=1S/C16H9Cl2IN2O/c17-14-3-1-2-10(15(14)18)8-11(9-20)16(22)21-13-6-4-12(19)5-7-13/h1-8H,(H,21,22)/b11-8+. The molecule has 6 heteroatoms. The van der Waals surface area contributed by atoms with Crippen molar-refractivity contribution in [3.8, 4) is 6.07 Å². The van der Waals surface area contributed by atoms with Crippen LogP contribution in [-0.4, -0.2) is 5.91 Å². The van der Waals surface area contributed by atoms with Crippen molar-refractivity contribution in [1.29, 1.82) is 5.26 Å². The second-order valence-electron chi connectivity index (χ2n) is 4.27. The number of nitriles is 1. The molecule has 0 bridgehead atoms. The first-order valence-electron chi connectivity index (χ1n) is 6.14. The highest BCUT2D eigenvalue weighted by Gasteiger charge is 2.11. The fourth-order valence-electron chi connectivity index (χ4n) is 1.67. The average molecular weight is 443 g/mol. The van der Waals surface area contributed by atoms with Crippen molar-refractivity contribution in [3.63, 3.8) is 0 Å². The van der Waals surface area contributed by atoms with Crippen molar-refractivity contribution >= 4 is 63.5 Å². The Kier molecular flexibility index (Phi) is 5.83. The molecule has 1 N–H and O–H groups in total. The van der Waals surface area contributed by atoms with Crippen molar-refractivity contribution < 1.29 is 4.79 Å². The number of amides is 1. The largest absolute Gasteiger partial charge is 0.321 e. The van der Waals surface area contributed by atoms with E-state index in [1.165, 1.54) is 6.08 Å². The molecule has 0 saturated heterocycles. The summed E-state index contributed by atoms with van der Waals surface area (Å²) < 4.78 is 1.05. The molecule has 0 spiro atoms. The molecule has 22 heavy (non-hydrogen) atoms. The van der Waals surface area contributed by atoms with Crippen LogP contribution in [0.25, 0.3) is 6.08 Å². The Morgan fingerprint density at radius 2 is 1.86 bits per heavy atom. The first kappa shape index (κ1) is 16.8. The van der Waals surface area contributed by atoms with E-state index in [1.807, 2.05) is 18.2 Å². The van der Waals surface area contributed by atoms with Crippen LogP contribution in [0.2, 0.25) is 10.0 Å². The fourth-order valence-corrected chi connectivity index (χ4v) is 2.39. The second-order valence-corrected chi connectivity index (χ2v) is 6.30. The topological polar surface area (TPSA) is 52.9 Å². The Hall–Kier alpha value is -1.55. The summed E-state index contributed by atoms with van der Waals surface area (Å²) in [5, 5.41) is 12.5. The fraction of sp³-hybridized carbons (Fsp3) is 0. The Morgan fingerprint density at radius 1 is 1.18 bits per heavy atom. The Balaban J connectivity index is 2.26. The molecule has 0 aromatic heterocycles. The predicted molar refractivity (Wildman–Crippen MR) is 97.8 cm³/mol. The summed E-state index contributed by atoms with van der Waals surface area (Å²) in [5.74, 6) is -0.500. The third-order valence-electron chi connectivity index (χ3n) is 2.75. The number of halogens is 3. The minimum absolute atomic E-state index is 0.0530. The molecule has 0 heterocycles. The van der Waals surface area contributed by atoms with Crippen molar-refractivity contribution in [2.75, 3.05) is 5.32 Å². The molecular weight excluding hydrogens is 434 g/mol. The zero-order valence-corrected chi connectivity index (χ0v) is 14.8. The summed E-state index contributed by atoms with van der Waals surface area (Å²) >= 11 is 14.1. The zero-order valence-electron chi connectivity index (χ0n) is 11.1. The van der Waals surface area contributed by atoms with Gasteiger partial charge >= 0.3 is 0 Å². The molecule has 0 fully saturated rings. The maximum Gasteiger partial charge on any atom is 0.266 e. The molecule has 2 aromatic rings. The van der Waals surface area contributed by atoms with Gasteiger partial charge in [-0.05, 0) is 64.6 Å². The van der Waals surface area contributed by atoms with Crippen LogP contribution >= 0.6 is 45.8 Å². The Bertz CT molecular complexity index is 780. The van der Waals surface area contributed by atoms with Crippen LogP contribution in [0, 0.1) is 14.9 Å². The van der Waals surface area contributed by atoms with Gasteiger partial charge in [0.25, 0.3) is 5.91 Å². The van der Waals surface area contributed by atoms with Crippen molar-refractivity contribution in [2.45, 2.75) is 0 Å². The van der Waals surface area contributed by atoms with E-state index in [4.69, 9.17) is 23.2 Å². The van der Waals surface area contributed by atoms with Crippen LogP contribution in [0.1, 0.15) is 5.56 Å². The van der Waals surface area contributed by atoms with Gasteiger partial charge in [-0.2, -0.15) is 5.26 Å². The molecule has 0 aliphatic heterocycles. The van der Waals surface area contributed by atoms with Crippen LogP contribution in [0.4, 0.5) is 5.69 Å². The summed E-state index contributed by atoms with van der Waals surface area (Å²) in [5.41, 5.74) is 1.08. The average Bonchev–Trinajstić information content (AvgIpc) is 2.51. The summed E-state index contributed by atoms with van der Waals surface area (Å²) in [7, 11) is 0. The Morgan fingerprint density at radius 3 is 2.50 bits per heavy atom. The SMILES string of the molecule is N#C/C(=C\c1cccc(Cl)c1Cl)C(=O)Nc1ccc(I)cc1. The zero-order chi connectivity index (χ0) is 16.1. The molecule has 2 aromatic carbocycles. The van der Waals surface area contributed by atoms with E-state index in [-0.39, 0.29) is 5.57 Å². The molecule has 0 saturated carbocycles. The normalized spacial score (nSPS) is 10.9. The van der Waals surface area contributed by atoms with Crippen molar-refractivity contribution in [1.82, 2.24) is 0 Å². The summed E-state index contributed by atoms with van der Waals surface area (Å²) in [6.07, 6.45) is 1.41. The summed E-state index contributed by atoms with van der Waals surface area (Å²) in [4.78, 5) is 12.1. The van der Waals surface area contributed by atoms with Gasteiger partial charge in [0.05, 0.1) is 10.0 Å². The lowest BCUT2D eigenvalue weighted by molar-refractivity contribution is -0.112. The number of anilines is 1. The molecule has 3 nitrogen and oxygen atoms in total. The summed E-state index contributed by atoms with van der Waals surface area (Å²) in [6, 6.07) is 14.1. The molecule has 2 rings (SSSR count). The van der Waals surface area contributed by atoms with Crippen molar-refractivity contribution in [3.05, 3.63) is 67.2 Å². The number of nitrogens with zero attached hydrogens (tertiary/aromatic N) is 1. The van der Waals surface area contributed by atoms with E-state index < -0.39 is 5.91 Å². The van der Waals surface area contributed by atoms with Gasteiger partial charge in [-0.1, -0.05) is 35.3 Å². The highest BCUT2D eigenvalue weighted by atomic mass is 127. The van der Waals surface area contributed by atoms with E-state index in [0.717, 1.165) is 3.57 Å². The minimum atomic E-state index is -0.500. The number of hydrogen-bond acceptors (Lipinski definition) is 2. The van der Waals surface area contributed by atoms with Crippen LogP contribution in [0.15, 0.2) is 48.0 Å². The predicted octanol–water partition coefficient (Wildman–Crippen LogP) is 5.14. The van der Waals surface area contributed by atoms with Crippen LogP contribution in [0.5, 0.6) is 0 Å². The first-order chi connectivity index (χ1) is 10.5. The van der Waals surface area contributed by atoms with E-state index >= 15 is 0 Å². The van der Waals surface area contributed by atoms with Gasteiger partial charge in [-0.15, -0.1) is 0 Å². The molecular formula is C16H9Cl2IN2O. The summed E-state index contributed by atoms with van der Waals surface area (Å²) in [6.45, 7) is 0. The quantitative estimate of drug-likeness (QED) is 0.406. The molecule has 1 amide bonds. The molecule has 0 aliphatic carbocycles. The highest BCUT2D eigenvalue weighted by Crippen LogP contribution is 2.27. The number of carbonyl (C=O) groups is 1. The number of hydrogen-bond donors (Lipinski definition) is 1. The number of rotatable bonds is 3. The minimum Gasteiger partial charge on any atom is -0.321 e. The Labute approximate surface area is 151 Å². The maximum atomic E-state index is 12.1. The third-order valence-corrected chi connectivity index (χ3v) is 4.30. The van der Waals surface area contributed by atoms with E-state index in [0.29, 0.717) is 21.3 Å². The van der Waals surface area contributed by atoms with E-state index in [9.17, 15) is 10.1 Å². The number of carbonyl (C=O) groups excluding carboxylic acids is 1. The maximum absolute atomic E-state index is 12.1. The monoisotopic (exact) mass is 442 g/mol. The molecule has 0 atom stereocenters. The third kappa shape index (κ3) is 4.23. The van der Waals surface area contributed by atoms with Crippen LogP contribution in [0.3, 0.4) is 0 Å². The van der Waals surface area contributed by atoms with Gasteiger partial charge < -0.3 is 5.32 Å². The second kappa shape index (κ2) is 7.63. The lowest BCUT2D eigenvalue weighted by atomic mass is 10.1. The number of benzene rings is 2. The van der Waals surface area contributed by atoms with Crippen LogP contribution < -0.4 is 5.32 Å². The molecule has 0 radical (unpaired) electrons. The van der Waals surface area contributed by atoms with Crippen LogP contribution in [-0.2, 0) is 4.79 Å². The highest BCUT2D eigenvalue weighted by molar-refractivity contribution is 14.1. The van der Waals surface area contributed by atoms with Gasteiger partial charge in [0.15, 0.2) is 0 Å².